The van der Waals surface area contributed by atoms with E-state index < -0.39 is 40.6 Å². The minimum Gasteiger partial charge on any atom is -0.460 e. The van der Waals surface area contributed by atoms with Gasteiger partial charge < -0.3 is 10.5 Å². The Morgan fingerprint density at radius 3 is 1.71 bits per heavy atom. The number of esters is 1. The van der Waals surface area contributed by atoms with Crippen LogP contribution in [0.25, 0.3) is 0 Å². The Morgan fingerprint density at radius 2 is 1.16 bits per heavy atom. The van der Waals surface area contributed by atoms with Gasteiger partial charge in [0.05, 0.1) is 26.1 Å². The van der Waals surface area contributed by atoms with Crippen LogP contribution in [0.3, 0.4) is 0 Å². The molecule has 0 unspecified atom stereocenters. The second-order valence-electron chi connectivity index (χ2n) is 16.9. The molecule has 11 nitrogen and oxygen atoms in total. The fraction of sp³-hybridized carbons (Fsp3) is 0.340. The van der Waals surface area contributed by atoms with E-state index in [2.05, 4.69) is 0 Å². The predicted molar refractivity (Wildman–Crippen MR) is 250 cm³/mol. The van der Waals surface area contributed by atoms with Crippen molar-refractivity contribution in [2.24, 2.45) is 5.73 Å². The molecule has 0 saturated carbocycles. The van der Waals surface area contributed by atoms with Crippen molar-refractivity contribution >= 4 is 18.4 Å². The second-order valence-corrected chi connectivity index (χ2v) is 16.9. The Kier molecular flexibility index (Phi) is 16.8. The summed E-state index contributed by atoms with van der Waals surface area (Å²) in [5, 5.41) is 0. The number of carbonyl (C=O) groups is 1. The Hall–Kier alpha value is -6.11. The molecule has 0 saturated heterocycles. The predicted octanol–water partition coefficient (Wildman–Crippen LogP) is 7.74. The van der Waals surface area contributed by atoms with Crippen molar-refractivity contribution in [2.45, 2.75) is 112 Å². The zero-order valence-electron chi connectivity index (χ0n) is 37.6. The van der Waals surface area contributed by atoms with Crippen LogP contribution < -0.4 is 28.2 Å². The van der Waals surface area contributed by atoms with Crippen molar-refractivity contribution in [3.63, 3.8) is 0 Å². The topological polar surface area (TPSA) is 140 Å². The number of hydrogen-bond acceptors (Lipinski definition) is 7. The third-order valence-electron chi connectivity index (χ3n) is 11.2. The van der Waals surface area contributed by atoms with Crippen LogP contribution >= 0.6 is 12.4 Å². The third-order valence-corrected chi connectivity index (χ3v) is 11.2. The minimum atomic E-state index is -0.649. The van der Waals surface area contributed by atoms with E-state index in [9.17, 15) is 28.4 Å². The van der Waals surface area contributed by atoms with Crippen molar-refractivity contribution in [1.82, 2.24) is 18.3 Å². The lowest BCUT2D eigenvalue weighted by Crippen LogP contribution is -2.44. The van der Waals surface area contributed by atoms with Gasteiger partial charge in [0.2, 0.25) is 0 Å². The van der Waals surface area contributed by atoms with Crippen LogP contribution in [0, 0.1) is 47.4 Å². The number of aromatic nitrogens is 4. The quantitative estimate of drug-likeness (QED) is 0.124. The van der Waals surface area contributed by atoms with Crippen LogP contribution in [0.2, 0.25) is 0 Å². The zero-order chi connectivity index (χ0) is 45.5. The van der Waals surface area contributed by atoms with E-state index in [0.29, 0.717) is 29.1 Å². The molecule has 0 radical (unpaired) electrons. The van der Waals surface area contributed by atoms with Crippen LogP contribution in [0.5, 0.6) is 0 Å². The molecule has 0 aliphatic heterocycles. The molecule has 2 atom stereocenters. The van der Waals surface area contributed by atoms with E-state index in [4.69, 9.17) is 10.5 Å². The number of carbonyl (C=O) groups excluding carboxylic acids is 1. The van der Waals surface area contributed by atoms with Gasteiger partial charge in [-0.05, 0) is 102 Å². The number of benzene rings is 4. The third kappa shape index (κ3) is 12.3. The summed E-state index contributed by atoms with van der Waals surface area (Å²) in [7, 11) is 0. The molecule has 2 N–H and O–H groups in total. The first-order valence-electron chi connectivity index (χ1n) is 20.8. The summed E-state index contributed by atoms with van der Waals surface area (Å²) in [5.74, 6) is -1.27. The monoisotopic (exact) mass is 879 g/mol. The van der Waals surface area contributed by atoms with Crippen molar-refractivity contribution < 1.29 is 13.9 Å². The van der Waals surface area contributed by atoms with E-state index in [0.717, 1.165) is 37.9 Å². The maximum atomic E-state index is 14.5. The smallest absolute Gasteiger partial charge is 0.331 e. The Morgan fingerprint density at radius 1 is 0.651 bits per heavy atom. The summed E-state index contributed by atoms with van der Waals surface area (Å²) in [5.41, 5.74) is 11.9. The van der Waals surface area contributed by atoms with Crippen LogP contribution in [-0.2, 0) is 35.7 Å². The highest BCUT2D eigenvalue weighted by Crippen LogP contribution is 2.24. The van der Waals surface area contributed by atoms with Crippen molar-refractivity contribution in [3.8, 4) is 0 Å². The molecular weight excluding hydrogens is 821 g/mol. The lowest BCUT2D eigenvalue weighted by molar-refractivity contribution is -0.155. The molecule has 2 heterocycles. The van der Waals surface area contributed by atoms with E-state index >= 15 is 0 Å². The van der Waals surface area contributed by atoms with Gasteiger partial charge in [0.1, 0.15) is 11.4 Å². The Bertz CT molecular complexity index is 2750. The summed E-state index contributed by atoms with van der Waals surface area (Å²) in [6.07, 6.45) is 0.00740. The molecule has 0 aliphatic rings. The summed E-state index contributed by atoms with van der Waals surface area (Å²) in [6.45, 7) is 17.1. The van der Waals surface area contributed by atoms with Crippen LogP contribution in [-0.4, -0.2) is 29.8 Å². The molecule has 6 aromatic rings. The fourth-order valence-electron chi connectivity index (χ4n) is 7.47. The first kappa shape index (κ1) is 49.5. The highest BCUT2D eigenvalue weighted by Gasteiger charge is 2.24. The number of ether oxygens (including phenoxy) is 1. The van der Waals surface area contributed by atoms with Gasteiger partial charge in [0.15, 0.2) is 0 Å². The van der Waals surface area contributed by atoms with Crippen LogP contribution in [0.15, 0.2) is 122 Å². The summed E-state index contributed by atoms with van der Waals surface area (Å²) in [4.78, 5) is 64.9. The van der Waals surface area contributed by atoms with Crippen molar-refractivity contribution in [3.05, 3.63) is 207 Å². The standard InChI is InChI=1S/C27H31FN2O4.C23H27N3O2.ClH/c1-18-10-9-13-23(28)22(18)17-29-19(2)14-24(31)30(26(29)33)16-21(20-11-7-6-8-12-20)15-25(32)34-27(3,4)5;1-15-9-8-10-16(2)20(15)13-25-18(4)17(3)22(27)26(23(25)28)14-21(24)19-11-6-5-7-12-19;/h6-14,21H,15-17H2,1-5H3;5-12,21H,13-14,24H2,1-4H3;1H/t2*21-;/m00./s1. The van der Waals surface area contributed by atoms with Gasteiger partial charge in [-0.3, -0.25) is 32.7 Å². The van der Waals surface area contributed by atoms with Gasteiger partial charge in [-0.2, -0.15) is 0 Å². The number of aryl methyl sites for hydroxylation is 4. The largest absolute Gasteiger partial charge is 0.460 e. The van der Waals surface area contributed by atoms with Gasteiger partial charge in [0, 0.05) is 47.1 Å². The number of rotatable bonds is 12. The lowest BCUT2D eigenvalue weighted by atomic mass is 9.95. The molecule has 0 spiro atoms. The number of nitrogens with two attached hydrogens (primary N) is 1. The normalized spacial score (nSPS) is 12.1. The van der Waals surface area contributed by atoms with E-state index in [1.807, 2.05) is 99.6 Å². The van der Waals surface area contributed by atoms with Crippen LogP contribution in [0.4, 0.5) is 4.39 Å². The molecule has 4 aromatic carbocycles. The Balaban J connectivity index is 0.000000277. The number of hydrogen-bond donors (Lipinski definition) is 1. The van der Waals surface area contributed by atoms with Gasteiger partial charge in [-0.1, -0.05) is 91.0 Å². The molecular formula is C50H59ClFN5O6. The van der Waals surface area contributed by atoms with E-state index in [1.165, 1.54) is 21.3 Å². The SMILES string of the molecule is Cc1cccc(C)c1Cn1c(C)c(C)c(=O)n(C[C@H](N)c2ccccc2)c1=O.Cc1cccc(F)c1Cn1c(C)cc(=O)n(C[C@H](CC(=O)OC(C)(C)C)c2ccccc2)c1=O.Cl. The Labute approximate surface area is 374 Å². The van der Waals surface area contributed by atoms with E-state index in [1.54, 1.807) is 58.2 Å². The number of halogens is 2. The molecule has 0 fully saturated rings. The highest BCUT2D eigenvalue weighted by atomic mass is 35.5. The fourth-order valence-corrected chi connectivity index (χ4v) is 7.47. The molecule has 13 heteroatoms. The molecule has 6 rings (SSSR count). The molecule has 63 heavy (non-hydrogen) atoms. The van der Waals surface area contributed by atoms with Crippen LogP contribution in [0.1, 0.15) is 95.0 Å². The minimum absolute atomic E-state index is 0. The highest BCUT2D eigenvalue weighted by molar-refractivity contribution is 5.85. The first-order chi connectivity index (χ1) is 29.3. The summed E-state index contributed by atoms with van der Waals surface area (Å²) < 4.78 is 25.4. The summed E-state index contributed by atoms with van der Waals surface area (Å²) in [6, 6.07) is 30.6. The average Bonchev–Trinajstić information content (AvgIpc) is 3.22. The molecule has 0 bridgehead atoms. The molecule has 334 valence electrons. The van der Waals surface area contributed by atoms with Gasteiger partial charge >= 0.3 is 17.3 Å². The first-order valence-corrected chi connectivity index (χ1v) is 20.8. The average molecular weight is 881 g/mol. The van der Waals surface area contributed by atoms with Gasteiger partial charge in [-0.25, -0.2) is 14.0 Å². The van der Waals surface area contributed by atoms with E-state index in [-0.39, 0.29) is 49.7 Å². The lowest BCUT2D eigenvalue weighted by Gasteiger charge is -2.23. The summed E-state index contributed by atoms with van der Waals surface area (Å²) >= 11 is 0. The zero-order valence-corrected chi connectivity index (χ0v) is 38.4. The molecule has 0 amide bonds. The second kappa shape index (κ2) is 21.3. The maximum absolute atomic E-state index is 14.5. The van der Waals surface area contributed by atoms with Gasteiger partial charge in [0.25, 0.3) is 11.1 Å². The van der Waals surface area contributed by atoms with Gasteiger partial charge in [-0.15, -0.1) is 12.4 Å². The molecule has 2 aromatic heterocycles. The molecule has 0 aliphatic carbocycles. The van der Waals surface area contributed by atoms with Crippen molar-refractivity contribution in [1.29, 1.82) is 0 Å². The maximum Gasteiger partial charge on any atom is 0.331 e. The number of nitrogens with zero attached hydrogens (tertiary/aromatic N) is 4. The van der Waals surface area contributed by atoms with Crippen molar-refractivity contribution in [2.75, 3.05) is 0 Å².